The van der Waals surface area contributed by atoms with Gasteiger partial charge in [0.25, 0.3) is 0 Å². The van der Waals surface area contributed by atoms with Crippen LogP contribution in [-0.2, 0) is 0 Å². The fourth-order valence-electron chi connectivity index (χ4n) is 2.69. The Morgan fingerprint density at radius 3 is 2.47 bits per heavy atom. The van der Waals surface area contributed by atoms with Crippen LogP contribution >= 0.6 is 0 Å². The number of nitrogens with zero attached hydrogens (tertiary/aromatic N) is 2. The van der Waals surface area contributed by atoms with E-state index in [1.165, 1.54) is 31.5 Å². The molecule has 0 unspecified atom stereocenters. The highest BCUT2D eigenvalue weighted by molar-refractivity contribution is 5.60. The zero-order valence-electron chi connectivity index (χ0n) is 11.2. The lowest BCUT2D eigenvalue weighted by Gasteiger charge is -2.29. The first-order valence-electron chi connectivity index (χ1n) is 6.73. The van der Waals surface area contributed by atoms with Crippen molar-refractivity contribution in [2.24, 2.45) is 0 Å². The summed E-state index contributed by atoms with van der Waals surface area (Å²) in [6.07, 6.45) is 2.48. The topological polar surface area (TPSA) is 55.3 Å². The number of benzene rings is 1. The molecule has 0 spiro atoms. The number of likely N-dealkylation sites (tertiary alicyclic amines) is 1. The Morgan fingerprint density at radius 1 is 1.21 bits per heavy atom. The van der Waals surface area contributed by atoms with E-state index in [1.807, 2.05) is 0 Å². The molecule has 19 heavy (non-hydrogen) atoms. The number of rotatable bonds is 2. The van der Waals surface area contributed by atoms with Crippen LogP contribution in [0.3, 0.4) is 0 Å². The van der Waals surface area contributed by atoms with Crippen LogP contribution in [-0.4, -0.2) is 30.2 Å². The second-order valence-electron chi connectivity index (χ2n) is 5.32. The lowest BCUT2D eigenvalue weighted by Crippen LogP contribution is -2.29. The summed E-state index contributed by atoms with van der Waals surface area (Å²) in [5.41, 5.74) is 8.02. The van der Waals surface area contributed by atoms with E-state index >= 15 is 0 Å². The third-order valence-corrected chi connectivity index (χ3v) is 3.91. The van der Waals surface area contributed by atoms with E-state index in [-0.39, 0.29) is 0 Å². The smallest absolute Gasteiger partial charge is 0.169 e. The van der Waals surface area contributed by atoms with Crippen molar-refractivity contribution in [2.75, 3.05) is 25.9 Å². The molecular weight excluding hydrogens is 238 g/mol. The average Bonchev–Trinajstić information content (AvgIpc) is 2.87. The molecule has 1 saturated heterocycles. The number of nitrogens with two attached hydrogens (primary N) is 1. The number of aromatic nitrogens is 1. The predicted molar refractivity (Wildman–Crippen MR) is 75.8 cm³/mol. The van der Waals surface area contributed by atoms with Gasteiger partial charge in [-0.2, -0.15) is 0 Å². The molecule has 2 heterocycles. The van der Waals surface area contributed by atoms with Gasteiger partial charge in [0.15, 0.2) is 11.6 Å². The minimum atomic E-state index is 0.425. The van der Waals surface area contributed by atoms with Gasteiger partial charge in [-0.05, 0) is 44.5 Å². The van der Waals surface area contributed by atoms with Crippen molar-refractivity contribution in [1.82, 2.24) is 10.1 Å². The van der Waals surface area contributed by atoms with Gasteiger partial charge >= 0.3 is 0 Å². The maximum absolute atomic E-state index is 5.57. The second kappa shape index (κ2) is 5.05. The third-order valence-electron chi connectivity index (χ3n) is 3.91. The monoisotopic (exact) mass is 257 g/mol. The third kappa shape index (κ3) is 2.63. The van der Waals surface area contributed by atoms with Gasteiger partial charge in [-0.1, -0.05) is 29.4 Å². The lowest BCUT2D eigenvalue weighted by molar-refractivity contribution is 0.255. The van der Waals surface area contributed by atoms with Crippen LogP contribution in [0.1, 0.15) is 24.3 Å². The molecule has 1 aromatic carbocycles. The Hall–Kier alpha value is -1.81. The molecule has 0 amide bonds. The molecule has 0 aliphatic carbocycles. The zero-order valence-corrected chi connectivity index (χ0v) is 11.2. The van der Waals surface area contributed by atoms with Gasteiger partial charge in [-0.25, -0.2) is 0 Å². The van der Waals surface area contributed by atoms with Crippen LogP contribution in [0.25, 0.3) is 11.3 Å². The van der Waals surface area contributed by atoms with Crippen molar-refractivity contribution in [3.8, 4) is 11.3 Å². The van der Waals surface area contributed by atoms with Gasteiger partial charge in [0.05, 0.1) is 0 Å². The fourth-order valence-corrected chi connectivity index (χ4v) is 2.69. The number of piperidine rings is 1. The van der Waals surface area contributed by atoms with Crippen molar-refractivity contribution in [1.29, 1.82) is 0 Å². The summed E-state index contributed by atoms with van der Waals surface area (Å²) in [5.74, 6) is 1.84. The van der Waals surface area contributed by atoms with Gasteiger partial charge < -0.3 is 15.2 Å². The summed E-state index contributed by atoms with van der Waals surface area (Å²) in [4.78, 5) is 2.39. The summed E-state index contributed by atoms with van der Waals surface area (Å²) in [6, 6.07) is 10.3. The molecule has 2 N–H and O–H groups in total. The van der Waals surface area contributed by atoms with E-state index in [9.17, 15) is 0 Å². The van der Waals surface area contributed by atoms with E-state index in [4.69, 9.17) is 10.3 Å². The molecule has 0 saturated carbocycles. The van der Waals surface area contributed by atoms with Gasteiger partial charge in [0.1, 0.15) is 0 Å². The molecule has 1 aromatic heterocycles. The quantitative estimate of drug-likeness (QED) is 0.898. The predicted octanol–water partition coefficient (Wildman–Crippen LogP) is 2.73. The molecule has 0 radical (unpaired) electrons. The lowest BCUT2D eigenvalue weighted by atomic mass is 9.89. The molecule has 1 aliphatic heterocycles. The Kier molecular flexibility index (Phi) is 3.25. The summed E-state index contributed by atoms with van der Waals surface area (Å²) in [7, 11) is 2.19. The maximum Gasteiger partial charge on any atom is 0.169 e. The molecule has 0 bridgehead atoms. The first-order valence-corrected chi connectivity index (χ1v) is 6.73. The molecule has 4 nitrogen and oxygen atoms in total. The first-order chi connectivity index (χ1) is 9.22. The van der Waals surface area contributed by atoms with Crippen molar-refractivity contribution in [3.63, 3.8) is 0 Å². The largest absolute Gasteiger partial charge is 0.381 e. The number of hydrogen-bond acceptors (Lipinski definition) is 4. The number of anilines is 1. The van der Waals surface area contributed by atoms with E-state index in [1.54, 1.807) is 6.07 Å². The molecule has 1 aliphatic rings. The summed E-state index contributed by atoms with van der Waals surface area (Å²) in [5, 5.41) is 3.71. The van der Waals surface area contributed by atoms with Gasteiger partial charge in [0.2, 0.25) is 0 Å². The molecular formula is C15H19N3O. The highest BCUT2D eigenvalue weighted by Crippen LogP contribution is 2.29. The number of nitrogen functional groups attached to an aromatic ring is 1. The molecule has 100 valence electrons. The summed E-state index contributed by atoms with van der Waals surface area (Å²) in [6.45, 7) is 2.37. The zero-order chi connectivity index (χ0) is 13.2. The average molecular weight is 257 g/mol. The summed E-state index contributed by atoms with van der Waals surface area (Å²) >= 11 is 0. The molecule has 1 fully saturated rings. The molecule has 3 rings (SSSR count). The van der Waals surface area contributed by atoms with E-state index in [0.717, 1.165) is 11.3 Å². The Bertz CT molecular complexity index is 539. The molecule has 2 aromatic rings. The minimum absolute atomic E-state index is 0.425. The van der Waals surface area contributed by atoms with Gasteiger partial charge in [0, 0.05) is 11.6 Å². The van der Waals surface area contributed by atoms with Crippen molar-refractivity contribution in [3.05, 3.63) is 35.9 Å². The minimum Gasteiger partial charge on any atom is -0.381 e. The maximum atomic E-state index is 5.57. The van der Waals surface area contributed by atoms with Crippen LogP contribution in [0.2, 0.25) is 0 Å². The van der Waals surface area contributed by atoms with Gasteiger partial charge in [-0.3, -0.25) is 0 Å². The Morgan fingerprint density at radius 2 is 1.89 bits per heavy atom. The van der Waals surface area contributed by atoms with Crippen LogP contribution in [0.15, 0.2) is 34.9 Å². The molecule has 0 atom stereocenters. The highest BCUT2D eigenvalue weighted by atomic mass is 16.5. The fraction of sp³-hybridized carbons (Fsp3) is 0.400. The summed E-state index contributed by atoms with van der Waals surface area (Å²) < 4.78 is 5.17. The van der Waals surface area contributed by atoms with Crippen LogP contribution in [0.4, 0.5) is 5.82 Å². The second-order valence-corrected chi connectivity index (χ2v) is 5.32. The van der Waals surface area contributed by atoms with Crippen LogP contribution in [0, 0.1) is 0 Å². The van der Waals surface area contributed by atoms with E-state index in [2.05, 4.69) is 41.4 Å². The van der Waals surface area contributed by atoms with E-state index < -0.39 is 0 Å². The van der Waals surface area contributed by atoms with Gasteiger partial charge in [-0.15, -0.1) is 0 Å². The van der Waals surface area contributed by atoms with Crippen molar-refractivity contribution in [2.45, 2.75) is 18.8 Å². The molecule has 4 heteroatoms. The van der Waals surface area contributed by atoms with Crippen LogP contribution < -0.4 is 5.73 Å². The SMILES string of the molecule is CN1CCC(c2ccc(-c3cc(N)no3)cc2)CC1. The van der Waals surface area contributed by atoms with Crippen LogP contribution in [0.5, 0.6) is 0 Å². The van der Waals surface area contributed by atoms with Crippen molar-refractivity contribution < 1.29 is 4.52 Å². The standard InChI is InChI=1S/C15H19N3O/c1-18-8-6-12(7-9-18)11-2-4-13(5-3-11)14-10-15(16)17-19-14/h2-5,10,12H,6-9H2,1H3,(H2,16,17). The Labute approximate surface area is 113 Å². The van der Waals surface area contributed by atoms with Crippen molar-refractivity contribution >= 4 is 5.82 Å². The Balaban J connectivity index is 1.75. The first kappa shape index (κ1) is 12.2. The van der Waals surface area contributed by atoms with E-state index in [0.29, 0.717) is 11.7 Å². The number of hydrogen-bond donors (Lipinski definition) is 1. The normalized spacial score (nSPS) is 17.7. The highest BCUT2D eigenvalue weighted by Gasteiger charge is 2.18.